The molecule has 0 spiro atoms. The summed E-state index contributed by atoms with van der Waals surface area (Å²) in [5.74, 6) is 2.05. The molecule has 0 unspecified atom stereocenters. The number of fused-ring (bicyclic) bond motifs is 1. The molecule has 1 aliphatic rings. The number of nitrogens with two attached hydrogens (primary N) is 1. The molecule has 256 valence electrons. The maximum Gasteiger partial charge on any atom is 0.164 e. The van der Waals surface area contributed by atoms with E-state index >= 15 is 0 Å². The quantitative estimate of drug-likeness (QED) is 0.0545. The second-order valence-corrected chi connectivity index (χ2v) is 13.2. The number of aliphatic hydroxyl groups excluding tert-OH is 2. The lowest BCUT2D eigenvalue weighted by molar-refractivity contribution is 0.101. The number of aliphatic imine (C=N–C) groups is 2. The fourth-order valence-corrected chi connectivity index (χ4v) is 5.70. The van der Waals surface area contributed by atoms with E-state index in [0.717, 1.165) is 65.7 Å². The van der Waals surface area contributed by atoms with Gasteiger partial charge in [-0.3, -0.25) is 9.80 Å². The zero-order valence-corrected chi connectivity index (χ0v) is 29.7. The molecule has 4 N–H and O–H groups in total. The van der Waals surface area contributed by atoms with Crippen molar-refractivity contribution in [1.29, 1.82) is 0 Å². The Hall–Kier alpha value is -3.71. The summed E-state index contributed by atoms with van der Waals surface area (Å²) in [5, 5.41) is 21.2. The van der Waals surface area contributed by atoms with Crippen LogP contribution < -0.4 is 15.2 Å². The first-order valence-electron chi connectivity index (χ1n) is 16.0. The number of thioether (sulfide) groups is 1. The number of β-amino-alcohol motifs (C(OH)–C–C–N with tert-alkyl or cyclic N) is 1. The Morgan fingerprint density at radius 1 is 1.15 bits per heavy atom. The number of hydrogen-bond acceptors (Lipinski definition) is 11. The first-order valence-corrected chi connectivity index (χ1v) is 16.8. The number of rotatable bonds is 15. The molecule has 1 aromatic carbocycles. The van der Waals surface area contributed by atoms with Gasteiger partial charge in [-0.1, -0.05) is 51.6 Å². The highest BCUT2D eigenvalue weighted by molar-refractivity contribution is 8.04. The Morgan fingerprint density at radius 2 is 1.85 bits per heavy atom. The Morgan fingerprint density at radius 3 is 2.47 bits per heavy atom. The van der Waals surface area contributed by atoms with Crippen molar-refractivity contribution in [3.63, 3.8) is 0 Å². The molecule has 0 amide bonds. The highest BCUT2D eigenvalue weighted by Crippen LogP contribution is 2.40. The molecule has 0 aliphatic carbocycles. The number of benzene rings is 1. The van der Waals surface area contributed by atoms with Gasteiger partial charge in [0.15, 0.2) is 11.5 Å². The van der Waals surface area contributed by atoms with E-state index in [2.05, 4.69) is 29.8 Å². The predicted octanol–water partition coefficient (Wildman–Crippen LogP) is 5.66. The molecule has 3 rings (SSSR count). The zero-order valence-electron chi connectivity index (χ0n) is 28.9. The van der Waals surface area contributed by atoms with Gasteiger partial charge in [-0.05, 0) is 32.4 Å². The average molecular weight is 666 g/mol. The van der Waals surface area contributed by atoms with Crippen LogP contribution in [0.4, 0.5) is 0 Å². The van der Waals surface area contributed by atoms with Gasteiger partial charge in [-0.15, -0.1) is 0 Å². The number of amidine groups is 1. The fourth-order valence-electron chi connectivity index (χ4n) is 4.76. The minimum atomic E-state index is -0.443. The van der Waals surface area contributed by atoms with Crippen molar-refractivity contribution in [3.8, 4) is 11.5 Å². The minimum Gasteiger partial charge on any atom is -0.512 e. The summed E-state index contributed by atoms with van der Waals surface area (Å²) in [7, 11) is 1.63. The molecule has 1 fully saturated rings. The normalized spacial score (nSPS) is 16.6. The second-order valence-electron chi connectivity index (χ2n) is 12.1. The number of ether oxygens (including phenoxy) is 2. The Kier molecular flexibility index (Phi) is 14.9. The third-order valence-electron chi connectivity index (χ3n) is 7.48. The molecule has 1 saturated heterocycles. The Bertz CT molecular complexity index is 1520. The van der Waals surface area contributed by atoms with Crippen LogP contribution in [-0.4, -0.2) is 102 Å². The third kappa shape index (κ3) is 11.5. The van der Waals surface area contributed by atoms with Gasteiger partial charge in [0, 0.05) is 78.9 Å². The molecule has 2 heterocycles. The smallest absolute Gasteiger partial charge is 0.164 e. The molecular formula is C35H51N7O4S. The SMILES string of the molecule is C\C=C/C=C(\C=N\C(=C\CC)\N=C(N)/C=C(\O)C(C)(C)C)Sc1ncnc2cc(OC)c(OCCN3CCN(CCO)CC3)c(C)c12. The van der Waals surface area contributed by atoms with Crippen molar-refractivity contribution in [2.24, 2.45) is 21.1 Å². The molecule has 2 aromatic rings. The molecule has 11 nitrogen and oxygen atoms in total. The fraction of sp³-hybridized carbons (Fsp3) is 0.486. The van der Waals surface area contributed by atoms with Crippen molar-refractivity contribution in [1.82, 2.24) is 19.8 Å². The lowest BCUT2D eigenvalue weighted by Gasteiger charge is -2.34. The molecule has 1 aliphatic heterocycles. The van der Waals surface area contributed by atoms with Crippen LogP contribution in [0.1, 0.15) is 46.6 Å². The number of aliphatic hydroxyl groups is 2. The van der Waals surface area contributed by atoms with Crippen molar-refractivity contribution in [2.75, 3.05) is 59.6 Å². The minimum absolute atomic E-state index is 0.144. The zero-order chi connectivity index (χ0) is 34.4. The number of hydrogen-bond donors (Lipinski definition) is 3. The van der Waals surface area contributed by atoms with Crippen LogP contribution in [0.25, 0.3) is 10.9 Å². The third-order valence-corrected chi connectivity index (χ3v) is 8.46. The van der Waals surface area contributed by atoms with Gasteiger partial charge in [-0.25, -0.2) is 20.0 Å². The summed E-state index contributed by atoms with van der Waals surface area (Å²) >= 11 is 1.46. The number of nitrogens with zero attached hydrogens (tertiary/aromatic N) is 6. The highest BCUT2D eigenvalue weighted by atomic mass is 32.2. The number of methoxy groups -OCH3 is 1. The molecule has 0 radical (unpaired) electrons. The largest absolute Gasteiger partial charge is 0.512 e. The van der Waals surface area contributed by atoms with Gasteiger partial charge in [0.1, 0.15) is 35.4 Å². The van der Waals surface area contributed by atoms with E-state index in [1.54, 1.807) is 19.7 Å². The summed E-state index contributed by atoms with van der Waals surface area (Å²) in [6.45, 7) is 17.6. The lowest BCUT2D eigenvalue weighted by atomic mass is 9.93. The number of aryl methyl sites for hydroxylation is 1. The van der Waals surface area contributed by atoms with Crippen molar-refractivity contribution in [2.45, 2.75) is 53.0 Å². The highest BCUT2D eigenvalue weighted by Gasteiger charge is 2.20. The average Bonchev–Trinajstić information content (AvgIpc) is 3.03. The lowest BCUT2D eigenvalue weighted by Crippen LogP contribution is -2.48. The van der Waals surface area contributed by atoms with E-state index in [1.165, 1.54) is 17.8 Å². The van der Waals surface area contributed by atoms with Gasteiger partial charge in [0.2, 0.25) is 0 Å². The van der Waals surface area contributed by atoms with E-state index in [0.29, 0.717) is 30.3 Å². The van der Waals surface area contributed by atoms with Gasteiger partial charge < -0.3 is 25.4 Å². The Balaban J connectivity index is 1.88. The van der Waals surface area contributed by atoms with E-state index in [-0.39, 0.29) is 18.2 Å². The van der Waals surface area contributed by atoms with Gasteiger partial charge in [-0.2, -0.15) is 0 Å². The molecule has 0 atom stereocenters. The molecular weight excluding hydrogens is 614 g/mol. The maximum atomic E-state index is 10.4. The topological polar surface area (TPSA) is 142 Å². The van der Waals surface area contributed by atoms with Crippen molar-refractivity contribution < 1.29 is 19.7 Å². The van der Waals surface area contributed by atoms with Crippen molar-refractivity contribution in [3.05, 3.63) is 64.8 Å². The van der Waals surface area contributed by atoms with E-state index < -0.39 is 5.41 Å². The van der Waals surface area contributed by atoms with E-state index in [9.17, 15) is 10.2 Å². The molecule has 12 heteroatoms. The second kappa shape index (κ2) is 18.6. The monoisotopic (exact) mass is 665 g/mol. The molecule has 0 saturated carbocycles. The van der Waals surface area contributed by atoms with Gasteiger partial charge in [0.05, 0.1) is 19.2 Å². The van der Waals surface area contributed by atoms with Gasteiger partial charge in [0.25, 0.3) is 0 Å². The van der Waals surface area contributed by atoms with E-state index in [4.69, 9.17) is 15.2 Å². The maximum absolute atomic E-state index is 10.4. The molecule has 1 aromatic heterocycles. The van der Waals surface area contributed by atoms with Crippen LogP contribution in [0.2, 0.25) is 0 Å². The summed E-state index contributed by atoms with van der Waals surface area (Å²) in [6, 6.07) is 1.89. The number of allylic oxidation sites excluding steroid dienone is 6. The summed E-state index contributed by atoms with van der Waals surface area (Å²) in [6.07, 6.45) is 13.2. The van der Waals surface area contributed by atoms with Gasteiger partial charge >= 0.3 is 0 Å². The molecule has 47 heavy (non-hydrogen) atoms. The predicted molar refractivity (Wildman–Crippen MR) is 194 cm³/mol. The van der Waals surface area contributed by atoms with Crippen LogP contribution in [0.15, 0.2) is 74.3 Å². The summed E-state index contributed by atoms with van der Waals surface area (Å²) < 4.78 is 12.1. The Labute approximate surface area is 283 Å². The number of aromatic nitrogens is 2. The van der Waals surface area contributed by atoms with Crippen LogP contribution in [0.3, 0.4) is 0 Å². The van der Waals surface area contributed by atoms with Crippen LogP contribution in [0, 0.1) is 12.3 Å². The first kappa shape index (κ1) is 37.7. The van der Waals surface area contributed by atoms with E-state index in [1.807, 2.05) is 71.9 Å². The van der Waals surface area contributed by atoms with Crippen LogP contribution >= 0.6 is 11.8 Å². The van der Waals surface area contributed by atoms with Crippen LogP contribution in [0.5, 0.6) is 11.5 Å². The number of piperazine rings is 1. The standard InChI is InChI=1S/C35H51N7O4S/c1-8-10-12-26(23-37-31(11-9-2)40-30(36)22-29(44)35(4,5)6)47-34-32-25(3)33(28(45-7)21-27(32)38-24-39-34)46-20-18-42-15-13-41(14-16-42)17-19-43/h8,10-12,21-24,43-44H,9,13-20H2,1-7H3,(H2,36,40)/b10-8-,26-12+,29-22-,31-11-,37-23+. The van der Waals surface area contributed by atoms with Crippen molar-refractivity contribution >= 4 is 34.7 Å². The summed E-state index contributed by atoms with van der Waals surface area (Å²) in [4.78, 5) is 23.8. The van der Waals surface area contributed by atoms with Crippen LogP contribution in [-0.2, 0) is 0 Å². The molecule has 0 bridgehead atoms. The summed E-state index contributed by atoms with van der Waals surface area (Å²) in [5.41, 5.74) is 7.34. The first-order chi connectivity index (χ1) is 22.5.